The molecule has 6 nitrogen and oxygen atoms in total. The molecule has 0 radical (unpaired) electrons. The van der Waals surface area contributed by atoms with E-state index in [2.05, 4.69) is 24.3 Å². The van der Waals surface area contributed by atoms with Gasteiger partial charge in [-0.05, 0) is 48.5 Å². The zero-order chi connectivity index (χ0) is 31.4. The zero-order valence-electron chi connectivity index (χ0n) is 24.2. The van der Waals surface area contributed by atoms with E-state index in [9.17, 15) is 21.0 Å². The molecule has 0 aliphatic carbocycles. The van der Waals surface area contributed by atoms with Crippen LogP contribution in [0.5, 0.6) is 0 Å². The Kier molecular flexibility index (Phi) is 5.91. The molecule has 8 rings (SSSR count). The molecule has 0 unspecified atom stereocenters. The largest absolute Gasteiger partial charge is 0.307 e. The first kappa shape index (κ1) is 26.5. The van der Waals surface area contributed by atoms with Gasteiger partial charge in [0.1, 0.15) is 12.1 Å². The molecule has 2 aromatic heterocycles. The van der Waals surface area contributed by atoms with Crippen LogP contribution < -0.4 is 0 Å². The van der Waals surface area contributed by atoms with Crippen LogP contribution in [0.25, 0.3) is 66.1 Å². The second-order valence-corrected chi connectivity index (χ2v) is 11.0. The highest BCUT2D eigenvalue weighted by molar-refractivity contribution is 6.12. The van der Waals surface area contributed by atoms with Crippen LogP contribution in [0, 0.1) is 45.3 Å². The fourth-order valence-corrected chi connectivity index (χ4v) is 6.85. The van der Waals surface area contributed by atoms with Gasteiger partial charge in [0, 0.05) is 32.7 Å². The van der Waals surface area contributed by atoms with Crippen molar-refractivity contribution in [3.8, 4) is 46.8 Å². The Morgan fingerprint density at radius 2 is 0.587 bits per heavy atom. The van der Waals surface area contributed by atoms with Gasteiger partial charge in [0.2, 0.25) is 0 Å². The van der Waals surface area contributed by atoms with Gasteiger partial charge in [-0.1, -0.05) is 72.8 Å². The van der Waals surface area contributed by atoms with Crippen molar-refractivity contribution in [1.29, 1.82) is 21.0 Å². The summed E-state index contributed by atoms with van der Waals surface area (Å²) in [6.45, 7) is 0. The third-order valence-corrected chi connectivity index (χ3v) is 8.70. The number of benzene rings is 6. The SMILES string of the molecule is N#Cc1ccc(C#N)c(-n2c3ccccc3c3ccccc32)c1-c1c(C#N)ccc(C#N)c1-n1c2ccccc2c2ccccc21. The van der Waals surface area contributed by atoms with E-state index in [0.717, 1.165) is 43.6 Å². The van der Waals surface area contributed by atoms with Crippen LogP contribution in [0.4, 0.5) is 0 Å². The summed E-state index contributed by atoms with van der Waals surface area (Å²) in [5.41, 5.74) is 6.43. The molecule has 6 heteroatoms. The maximum atomic E-state index is 10.7. The molecule has 210 valence electrons. The Hall–Kier alpha value is -7.12. The predicted molar refractivity (Wildman–Crippen MR) is 179 cm³/mol. The van der Waals surface area contributed by atoms with Gasteiger partial charge in [-0.3, -0.25) is 0 Å². The molecule has 0 amide bonds. The van der Waals surface area contributed by atoms with Crippen molar-refractivity contribution in [1.82, 2.24) is 9.13 Å². The molecular formula is C40H20N6. The van der Waals surface area contributed by atoms with Gasteiger partial charge in [-0.15, -0.1) is 0 Å². The van der Waals surface area contributed by atoms with Gasteiger partial charge >= 0.3 is 0 Å². The summed E-state index contributed by atoms with van der Waals surface area (Å²) in [4.78, 5) is 0. The van der Waals surface area contributed by atoms with Crippen molar-refractivity contribution in [3.63, 3.8) is 0 Å². The minimum Gasteiger partial charge on any atom is -0.307 e. The molecule has 0 fully saturated rings. The molecular weight excluding hydrogens is 564 g/mol. The summed E-state index contributed by atoms with van der Waals surface area (Å²) in [6, 6.07) is 47.8. The van der Waals surface area contributed by atoms with Gasteiger partial charge in [0.25, 0.3) is 0 Å². The van der Waals surface area contributed by atoms with Crippen molar-refractivity contribution >= 4 is 43.6 Å². The van der Waals surface area contributed by atoms with Gasteiger partial charge < -0.3 is 9.13 Å². The molecule has 0 bridgehead atoms. The van der Waals surface area contributed by atoms with E-state index in [1.165, 1.54) is 0 Å². The Balaban J connectivity index is 1.64. The van der Waals surface area contributed by atoms with Crippen LogP contribution in [0.2, 0.25) is 0 Å². The van der Waals surface area contributed by atoms with Crippen LogP contribution in [-0.2, 0) is 0 Å². The highest BCUT2D eigenvalue weighted by atomic mass is 15.0. The maximum absolute atomic E-state index is 10.7. The lowest BCUT2D eigenvalue weighted by molar-refractivity contribution is 1.14. The lowest BCUT2D eigenvalue weighted by Crippen LogP contribution is -2.08. The quantitative estimate of drug-likeness (QED) is 0.207. The molecule has 0 saturated carbocycles. The molecule has 0 aliphatic rings. The number of aromatic nitrogens is 2. The first-order valence-corrected chi connectivity index (χ1v) is 14.6. The third kappa shape index (κ3) is 3.60. The molecule has 0 spiro atoms. The highest BCUT2D eigenvalue weighted by Gasteiger charge is 2.28. The van der Waals surface area contributed by atoms with Crippen molar-refractivity contribution in [2.24, 2.45) is 0 Å². The summed E-state index contributed by atoms with van der Waals surface area (Å²) in [7, 11) is 0. The lowest BCUT2D eigenvalue weighted by atomic mass is 9.89. The lowest BCUT2D eigenvalue weighted by Gasteiger charge is -2.22. The van der Waals surface area contributed by atoms with Crippen molar-refractivity contribution in [2.45, 2.75) is 0 Å². The topological polar surface area (TPSA) is 105 Å². The van der Waals surface area contributed by atoms with Gasteiger partial charge in [-0.25, -0.2) is 0 Å². The second kappa shape index (κ2) is 10.3. The van der Waals surface area contributed by atoms with E-state index in [1.807, 2.05) is 106 Å². The molecule has 0 aliphatic heterocycles. The average Bonchev–Trinajstić information content (AvgIpc) is 3.63. The van der Waals surface area contributed by atoms with E-state index < -0.39 is 0 Å². The van der Waals surface area contributed by atoms with Crippen molar-refractivity contribution < 1.29 is 0 Å². The Labute approximate surface area is 263 Å². The number of para-hydroxylation sites is 4. The number of nitriles is 4. The molecule has 8 aromatic rings. The zero-order valence-corrected chi connectivity index (χ0v) is 24.2. The average molecular weight is 585 g/mol. The summed E-state index contributed by atoms with van der Waals surface area (Å²) in [5.74, 6) is 0. The van der Waals surface area contributed by atoms with Crippen LogP contribution in [0.3, 0.4) is 0 Å². The monoisotopic (exact) mass is 584 g/mol. The summed E-state index contributed by atoms with van der Waals surface area (Å²) >= 11 is 0. The van der Waals surface area contributed by atoms with Crippen molar-refractivity contribution in [2.75, 3.05) is 0 Å². The Morgan fingerprint density at radius 3 is 0.870 bits per heavy atom. The van der Waals surface area contributed by atoms with E-state index in [-0.39, 0.29) is 11.1 Å². The number of hydrogen-bond donors (Lipinski definition) is 0. The van der Waals surface area contributed by atoms with Gasteiger partial charge in [0.05, 0.1) is 67.8 Å². The van der Waals surface area contributed by atoms with E-state index >= 15 is 0 Å². The molecule has 46 heavy (non-hydrogen) atoms. The minimum absolute atomic E-state index is 0.282. The number of rotatable bonds is 3. The maximum Gasteiger partial charge on any atom is 0.101 e. The smallest absolute Gasteiger partial charge is 0.101 e. The summed E-state index contributed by atoms with van der Waals surface area (Å²) in [6.07, 6.45) is 0. The van der Waals surface area contributed by atoms with Crippen LogP contribution in [-0.4, -0.2) is 9.13 Å². The molecule has 2 heterocycles. The number of fused-ring (bicyclic) bond motifs is 6. The second-order valence-electron chi connectivity index (χ2n) is 11.0. The van der Waals surface area contributed by atoms with Crippen LogP contribution in [0.1, 0.15) is 22.3 Å². The van der Waals surface area contributed by atoms with E-state index in [4.69, 9.17) is 0 Å². The van der Waals surface area contributed by atoms with Crippen molar-refractivity contribution in [3.05, 3.63) is 144 Å². The standard InChI is InChI=1S/C40H20N6/c41-21-25-17-19-27(23-43)39(45-33-13-5-1-9-29(33)30-10-2-6-14-34(30)45)37(25)38-26(22-42)18-20-28(24-44)40(38)46-35-15-7-3-11-31(35)32-12-4-8-16-36(32)46/h1-20H. The Morgan fingerprint density at radius 1 is 0.326 bits per heavy atom. The van der Waals surface area contributed by atoms with E-state index in [0.29, 0.717) is 33.6 Å². The minimum atomic E-state index is 0.282. The third-order valence-electron chi connectivity index (χ3n) is 8.70. The molecule has 6 aromatic carbocycles. The number of nitrogens with zero attached hydrogens (tertiary/aromatic N) is 6. The molecule has 0 atom stereocenters. The predicted octanol–water partition coefficient (Wildman–Crippen LogP) is 9.03. The first-order valence-electron chi connectivity index (χ1n) is 14.6. The van der Waals surface area contributed by atoms with Gasteiger partial charge in [0.15, 0.2) is 0 Å². The van der Waals surface area contributed by atoms with Crippen LogP contribution >= 0.6 is 0 Å². The summed E-state index contributed by atoms with van der Waals surface area (Å²) < 4.78 is 4.02. The summed E-state index contributed by atoms with van der Waals surface area (Å²) in [5, 5.41) is 46.4. The molecule has 0 saturated heterocycles. The van der Waals surface area contributed by atoms with Gasteiger partial charge in [-0.2, -0.15) is 21.0 Å². The van der Waals surface area contributed by atoms with Crippen LogP contribution in [0.15, 0.2) is 121 Å². The first-order chi connectivity index (χ1) is 22.7. The van der Waals surface area contributed by atoms with E-state index in [1.54, 1.807) is 24.3 Å². The fourth-order valence-electron chi connectivity index (χ4n) is 6.85. The molecule has 0 N–H and O–H groups in total. The number of hydrogen-bond acceptors (Lipinski definition) is 4. The fraction of sp³-hybridized carbons (Fsp3) is 0. The normalized spacial score (nSPS) is 11.0. The Bertz CT molecular complexity index is 2450. The highest BCUT2D eigenvalue weighted by Crippen LogP contribution is 2.45.